The van der Waals surface area contributed by atoms with Gasteiger partial charge in [-0.3, -0.25) is 0 Å². The molecule has 1 aromatic heterocycles. The van der Waals surface area contributed by atoms with Crippen molar-refractivity contribution >= 4 is 21.7 Å². The first-order valence-electron chi connectivity index (χ1n) is 5.46. The smallest absolute Gasteiger partial charge is 0.419 e. The average molecular weight is 348 g/mol. The Kier molecular flexibility index (Phi) is 4.12. The molecule has 106 valence electrons. The summed E-state index contributed by atoms with van der Waals surface area (Å²) in [5.74, 6) is 0.0991. The van der Waals surface area contributed by atoms with Crippen LogP contribution >= 0.6 is 15.9 Å². The molecule has 1 N–H and O–H groups in total. The lowest BCUT2D eigenvalue weighted by Crippen LogP contribution is -2.07. The topological polar surface area (TPSA) is 47.0 Å². The molecule has 0 spiro atoms. The van der Waals surface area contributed by atoms with Gasteiger partial charge in [0.05, 0.1) is 5.56 Å². The molecule has 0 aliphatic heterocycles. The molecule has 0 fully saturated rings. The minimum absolute atomic E-state index is 0.000972. The maximum Gasteiger partial charge on any atom is 0.419 e. The van der Waals surface area contributed by atoms with E-state index >= 15 is 0 Å². The number of aromatic nitrogens is 2. The van der Waals surface area contributed by atoms with Crippen LogP contribution in [0.25, 0.3) is 0 Å². The van der Waals surface area contributed by atoms with Crippen molar-refractivity contribution in [3.63, 3.8) is 0 Å². The van der Waals surface area contributed by atoms with Gasteiger partial charge >= 0.3 is 6.18 Å². The van der Waals surface area contributed by atoms with Crippen LogP contribution in [0.5, 0.6) is 11.6 Å². The fraction of sp³-hybridized carbons (Fsp3) is 0.167. The lowest BCUT2D eigenvalue weighted by Gasteiger charge is -2.14. The van der Waals surface area contributed by atoms with Gasteiger partial charge in [0.2, 0.25) is 5.88 Å². The Hall–Kier alpha value is -1.83. The Balaban J connectivity index is 2.41. The Morgan fingerprint density at radius 1 is 1.20 bits per heavy atom. The van der Waals surface area contributed by atoms with Crippen LogP contribution in [-0.2, 0) is 6.18 Å². The third-order valence-electron chi connectivity index (χ3n) is 2.39. The van der Waals surface area contributed by atoms with E-state index in [2.05, 4.69) is 31.2 Å². The maximum absolute atomic E-state index is 12.9. The molecular formula is C12H9BrF3N3O. The number of hydrogen-bond donors (Lipinski definition) is 1. The van der Waals surface area contributed by atoms with Crippen molar-refractivity contribution in [2.75, 3.05) is 12.4 Å². The number of alkyl halides is 3. The summed E-state index contributed by atoms with van der Waals surface area (Å²) in [5, 5.41) is 2.77. The number of nitrogens with one attached hydrogen (secondary N) is 1. The van der Waals surface area contributed by atoms with Crippen LogP contribution in [0.1, 0.15) is 5.56 Å². The zero-order valence-electron chi connectivity index (χ0n) is 10.2. The van der Waals surface area contributed by atoms with E-state index < -0.39 is 11.7 Å². The highest BCUT2D eigenvalue weighted by Crippen LogP contribution is 2.39. The highest BCUT2D eigenvalue weighted by atomic mass is 79.9. The predicted octanol–water partition coefficient (Wildman–Crippen LogP) is 4.09. The van der Waals surface area contributed by atoms with Crippen molar-refractivity contribution < 1.29 is 17.9 Å². The van der Waals surface area contributed by atoms with Gasteiger partial charge < -0.3 is 10.1 Å². The second-order valence-electron chi connectivity index (χ2n) is 3.69. The molecule has 2 rings (SSSR count). The fourth-order valence-electron chi connectivity index (χ4n) is 1.49. The minimum atomic E-state index is -4.50. The van der Waals surface area contributed by atoms with Crippen molar-refractivity contribution in [2.24, 2.45) is 0 Å². The molecule has 4 nitrogen and oxygen atoms in total. The van der Waals surface area contributed by atoms with E-state index in [-0.39, 0.29) is 11.6 Å². The number of hydrogen-bond acceptors (Lipinski definition) is 4. The van der Waals surface area contributed by atoms with E-state index in [1.54, 1.807) is 7.05 Å². The van der Waals surface area contributed by atoms with Crippen molar-refractivity contribution in [3.05, 3.63) is 40.6 Å². The van der Waals surface area contributed by atoms with Gasteiger partial charge in [-0.1, -0.05) is 12.1 Å². The lowest BCUT2D eigenvalue weighted by atomic mass is 10.2. The number of anilines is 1. The van der Waals surface area contributed by atoms with Gasteiger partial charge in [-0.05, 0) is 28.1 Å². The zero-order valence-corrected chi connectivity index (χ0v) is 11.8. The van der Waals surface area contributed by atoms with Crippen LogP contribution in [-0.4, -0.2) is 17.0 Å². The second-order valence-corrected chi connectivity index (χ2v) is 4.48. The first-order valence-corrected chi connectivity index (χ1v) is 6.25. The summed E-state index contributed by atoms with van der Waals surface area (Å²) in [4.78, 5) is 7.72. The minimum Gasteiger partial charge on any atom is -0.437 e. The van der Waals surface area contributed by atoms with Crippen LogP contribution in [0.3, 0.4) is 0 Å². The van der Waals surface area contributed by atoms with Crippen LogP contribution in [0.4, 0.5) is 19.0 Å². The van der Waals surface area contributed by atoms with E-state index in [1.165, 1.54) is 24.5 Å². The Morgan fingerprint density at radius 2 is 1.90 bits per heavy atom. The van der Waals surface area contributed by atoms with Crippen LogP contribution in [0.2, 0.25) is 0 Å². The maximum atomic E-state index is 12.9. The van der Waals surface area contributed by atoms with E-state index in [0.29, 0.717) is 10.3 Å². The first-order chi connectivity index (χ1) is 9.43. The molecule has 20 heavy (non-hydrogen) atoms. The highest BCUT2D eigenvalue weighted by molar-refractivity contribution is 9.10. The standard InChI is InChI=1S/C12H9BrF3N3O/c1-17-10-9(13)11(19-6-18-10)20-8-5-3-2-4-7(8)12(14,15)16/h2-6H,1H3,(H,17,18,19). The van der Waals surface area contributed by atoms with Crippen LogP contribution in [0.15, 0.2) is 35.1 Å². The number of benzene rings is 1. The summed E-state index contributed by atoms with van der Waals surface area (Å²) in [6, 6.07) is 4.93. The summed E-state index contributed by atoms with van der Waals surface area (Å²) in [7, 11) is 1.63. The van der Waals surface area contributed by atoms with Crippen LogP contribution in [0, 0.1) is 0 Å². The molecule has 0 bridgehead atoms. The molecule has 0 radical (unpaired) electrons. The normalized spacial score (nSPS) is 11.2. The summed E-state index contributed by atoms with van der Waals surface area (Å²) in [6.45, 7) is 0. The lowest BCUT2D eigenvalue weighted by molar-refractivity contribution is -0.138. The summed E-state index contributed by atoms with van der Waals surface area (Å²) in [6.07, 6.45) is -3.30. The largest absolute Gasteiger partial charge is 0.437 e. The number of rotatable bonds is 3. The quantitative estimate of drug-likeness (QED) is 0.908. The summed E-state index contributed by atoms with van der Waals surface area (Å²) in [5.41, 5.74) is -0.864. The number of halogens is 4. The summed E-state index contributed by atoms with van der Waals surface area (Å²) < 4.78 is 44.2. The van der Waals surface area contributed by atoms with Gasteiger partial charge in [0.25, 0.3) is 0 Å². The van der Waals surface area contributed by atoms with Gasteiger partial charge in [0.1, 0.15) is 22.4 Å². The number of para-hydroxylation sites is 1. The molecular weight excluding hydrogens is 339 g/mol. The van der Waals surface area contributed by atoms with E-state index in [9.17, 15) is 13.2 Å². The molecule has 0 saturated carbocycles. The molecule has 0 amide bonds. The molecule has 1 heterocycles. The van der Waals surface area contributed by atoms with E-state index in [1.807, 2.05) is 0 Å². The van der Waals surface area contributed by atoms with Crippen molar-refractivity contribution in [3.8, 4) is 11.6 Å². The Bertz CT molecular complexity index is 619. The van der Waals surface area contributed by atoms with Crippen molar-refractivity contribution in [2.45, 2.75) is 6.18 Å². The monoisotopic (exact) mass is 347 g/mol. The van der Waals surface area contributed by atoms with E-state index in [4.69, 9.17) is 4.74 Å². The van der Waals surface area contributed by atoms with Gasteiger partial charge in [0.15, 0.2) is 0 Å². The fourth-order valence-corrected chi connectivity index (χ4v) is 1.98. The number of ether oxygens (including phenoxy) is 1. The van der Waals surface area contributed by atoms with Gasteiger partial charge in [-0.2, -0.15) is 13.2 Å². The number of nitrogens with zero attached hydrogens (tertiary/aromatic N) is 2. The molecule has 8 heteroatoms. The van der Waals surface area contributed by atoms with Crippen molar-refractivity contribution in [1.29, 1.82) is 0 Å². The molecule has 0 saturated heterocycles. The third kappa shape index (κ3) is 3.01. The molecule has 0 atom stereocenters. The molecule has 0 aliphatic rings. The second kappa shape index (κ2) is 5.66. The third-order valence-corrected chi connectivity index (χ3v) is 3.11. The molecule has 1 aromatic carbocycles. The van der Waals surface area contributed by atoms with Gasteiger partial charge in [-0.15, -0.1) is 0 Å². The van der Waals surface area contributed by atoms with Crippen LogP contribution < -0.4 is 10.1 Å². The average Bonchev–Trinajstić information content (AvgIpc) is 2.40. The van der Waals surface area contributed by atoms with Crippen molar-refractivity contribution in [1.82, 2.24) is 9.97 Å². The Labute approximate surface area is 121 Å². The molecule has 0 unspecified atom stereocenters. The van der Waals surface area contributed by atoms with Gasteiger partial charge in [0, 0.05) is 7.05 Å². The molecule has 2 aromatic rings. The Morgan fingerprint density at radius 3 is 2.55 bits per heavy atom. The summed E-state index contributed by atoms with van der Waals surface area (Å²) >= 11 is 3.18. The zero-order chi connectivity index (χ0) is 14.8. The highest BCUT2D eigenvalue weighted by Gasteiger charge is 2.34. The predicted molar refractivity (Wildman–Crippen MR) is 70.8 cm³/mol. The molecule has 0 aliphatic carbocycles. The van der Waals surface area contributed by atoms with E-state index in [0.717, 1.165) is 6.07 Å². The van der Waals surface area contributed by atoms with Gasteiger partial charge in [-0.25, -0.2) is 9.97 Å². The SMILES string of the molecule is CNc1ncnc(Oc2ccccc2C(F)(F)F)c1Br. The first kappa shape index (κ1) is 14.6.